The predicted octanol–water partition coefficient (Wildman–Crippen LogP) is 2.38. The zero-order chi connectivity index (χ0) is 13.3. The highest BCUT2D eigenvalue weighted by Crippen LogP contribution is 2.36. The molecule has 92 valence electrons. The molecule has 2 rings (SSSR count). The van der Waals surface area contributed by atoms with Crippen molar-refractivity contribution in [3.63, 3.8) is 0 Å². The third-order valence-electron chi connectivity index (χ3n) is 2.39. The molecule has 18 heavy (non-hydrogen) atoms. The van der Waals surface area contributed by atoms with Crippen molar-refractivity contribution in [1.82, 2.24) is 0 Å². The van der Waals surface area contributed by atoms with Crippen LogP contribution in [0.25, 0.3) is 10.8 Å². The molecule has 0 heterocycles. The van der Waals surface area contributed by atoms with Gasteiger partial charge in [-0.3, -0.25) is 14.9 Å². The van der Waals surface area contributed by atoms with Crippen LogP contribution in [-0.4, -0.2) is 16.0 Å². The Morgan fingerprint density at radius 2 is 2.00 bits per heavy atom. The zero-order valence-electron chi connectivity index (χ0n) is 9.41. The van der Waals surface area contributed by atoms with Crippen LogP contribution in [-0.2, 0) is 4.79 Å². The first-order chi connectivity index (χ1) is 8.49. The molecule has 2 aromatic rings. The molecule has 0 radical (unpaired) electrons. The van der Waals surface area contributed by atoms with Crippen LogP contribution in [0.3, 0.4) is 0 Å². The van der Waals surface area contributed by atoms with Gasteiger partial charge in [-0.05, 0) is 23.6 Å². The van der Waals surface area contributed by atoms with Gasteiger partial charge in [0.05, 0.1) is 10.3 Å². The van der Waals surface area contributed by atoms with Gasteiger partial charge < -0.3 is 9.84 Å². The molecule has 0 bridgehead atoms. The Bertz CT molecular complexity index is 650. The minimum absolute atomic E-state index is 0.198. The lowest BCUT2D eigenvalue weighted by Gasteiger charge is -2.05. The Morgan fingerprint density at radius 3 is 2.61 bits per heavy atom. The highest BCUT2D eigenvalue weighted by atomic mass is 16.6. The number of nitro groups is 1. The molecule has 0 aromatic heterocycles. The molecule has 0 saturated carbocycles. The summed E-state index contributed by atoms with van der Waals surface area (Å²) in [5.74, 6) is -0.742. The summed E-state index contributed by atoms with van der Waals surface area (Å²) in [6, 6.07) is 7.28. The smallest absolute Gasteiger partial charge is 0.318 e. The third kappa shape index (κ3) is 2.08. The Morgan fingerprint density at radius 1 is 1.33 bits per heavy atom. The van der Waals surface area contributed by atoms with Gasteiger partial charge in [-0.25, -0.2) is 0 Å². The fraction of sp³-hybridized carbons (Fsp3) is 0.0833. The summed E-state index contributed by atoms with van der Waals surface area (Å²) in [6.07, 6.45) is 0. The molecule has 1 N–H and O–H groups in total. The molecule has 6 nitrogen and oxygen atoms in total. The summed E-state index contributed by atoms with van der Waals surface area (Å²) in [7, 11) is 0. The highest BCUT2D eigenvalue weighted by Gasteiger charge is 2.18. The fourth-order valence-electron chi connectivity index (χ4n) is 1.69. The molecule has 0 spiro atoms. The van der Waals surface area contributed by atoms with Gasteiger partial charge in [-0.1, -0.05) is 12.1 Å². The van der Waals surface area contributed by atoms with Crippen LogP contribution in [0.5, 0.6) is 11.5 Å². The van der Waals surface area contributed by atoms with Crippen molar-refractivity contribution >= 4 is 22.4 Å². The lowest BCUT2D eigenvalue weighted by atomic mass is 10.1. The van der Waals surface area contributed by atoms with E-state index in [9.17, 15) is 20.0 Å². The van der Waals surface area contributed by atoms with Crippen molar-refractivity contribution in [2.45, 2.75) is 6.92 Å². The van der Waals surface area contributed by atoms with Crippen LogP contribution in [0.2, 0.25) is 0 Å². The van der Waals surface area contributed by atoms with E-state index in [2.05, 4.69) is 0 Å². The SMILES string of the molecule is CC(=O)Oc1ccc2ccc(O)c([N+](=O)[O-])c2c1. The van der Waals surface area contributed by atoms with E-state index < -0.39 is 22.3 Å². The van der Waals surface area contributed by atoms with Gasteiger partial charge >= 0.3 is 11.7 Å². The topological polar surface area (TPSA) is 89.7 Å². The zero-order valence-corrected chi connectivity index (χ0v) is 9.41. The van der Waals surface area contributed by atoms with E-state index in [1.54, 1.807) is 12.1 Å². The van der Waals surface area contributed by atoms with Crippen molar-refractivity contribution < 1.29 is 19.6 Å². The Labute approximate surface area is 102 Å². The fourth-order valence-corrected chi connectivity index (χ4v) is 1.69. The van der Waals surface area contributed by atoms with Crippen LogP contribution in [0.4, 0.5) is 5.69 Å². The van der Waals surface area contributed by atoms with Gasteiger partial charge in [0, 0.05) is 6.92 Å². The number of rotatable bonds is 2. The second kappa shape index (κ2) is 4.33. The first kappa shape index (κ1) is 11.8. The second-order valence-corrected chi connectivity index (χ2v) is 3.67. The van der Waals surface area contributed by atoms with Crippen molar-refractivity contribution in [1.29, 1.82) is 0 Å². The lowest BCUT2D eigenvalue weighted by molar-refractivity contribution is -0.384. The van der Waals surface area contributed by atoms with Crippen molar-refractivity contribution in [3.05, 3.63) is 40.4 Å². The number of hydrogen-bond acceptors (Lipinski definition) is 5. The Kier molecular flexibility index (Phi) is 2.85. The number of carbonyl (C=O) groups excluding carboxylic acids is 1. The molecule has 6 heteroatoms. The van der Waals surface area contributed by atoms with E-state index in [1.165, 1.54) is 25.1 Å². The molecular formula is C12H9NO5. The van der Waals surface area contributed by atoms with E-state index in [1.807, 2.05) is 0 Å². The van der Waals surface area contributed by atoms with Crippen LogP contribution in [0.15, 0.2) is 30.3 Å². The summed E-state index contributed by atoms with van der Waals surface area (Å²) in [5, 5.41) is 21.2. The number of carbonyl (C=O) groups is 1. The first-order valence-corrected chi connectivity index (χ1v) is 5.07. The number of phenols is 1. The van der Waals surface area contributed by atoms with Crippen LogP contribution < -0.4 is 4.74 Å². The highest BCUT2D eigenvalue weighted by molar-refractivity contribution is 5.94. The minimum Gasteiger partial charge on any atom is -0.502 e. The summed E-state index contributed by atoms with van der Waals surface area (Å²) >= 11 is 0. The predicted molar refractivity (Wildman–Crippen MR) is 63.6 cm³/mol. The standard InChI is InChI=1S/C12H9NO5/c1-7(14)18-9-4-2-8-3-5-11(15)12(13(16)17)10(8)6-9/h2-6,15H,1H3. The number of esters is 1. The second-order valence-electron chi connectivity index (χ2n) is 3.67. The van der Waals surface area contributed by atoms with E-state index in [4.69, 9.17) is 4.74 Å². The van der Waals surface area contributed by atoms with Gasteiger partial charge in [0.2, 0.25) is 0 Å². The Hall–Kier alpha value is -2.63. The molecule has 0 fully saturated rings. The number of ether oxygens (including phenoxy) is 1. The lowest BCUT2D eigenvalue weighted by Crippen LogP contribution is -2.01. The number of nitro benzene ring substituents is 1. The number of benzene rings is 2. The third-order valence-corrected chi connectivity index (χ3v) is 2.39. The molecule has 0 saturated heterocycles. The summed E-state index contributed by atoms with van der Waals surface area (Å²) in [5.41, 5.74) is -0.401. The van der Waals surface area contributed by atoms with Gasteiger partial charge in [0.1, 0.15) is 5.75 Å². The summed E-state index contributed by atoms with van der Waals surface area (Å²) in [6.45, 7) is 1.24. The van der Waals surface area contributed by atoms with E-state index >= 15 is 0 Å². The average molecular weight is 247 g/mol. The van der Waals surface area contributed by atoms with E-state index in [0.717, 1.165) is 0 Å². The van der Waals surface area contributed by atoms with Crippen molar-refractivity contribution in [2.24, 2.45) is 0 Å². The molecule has 0 amide bonds. The molecule has 0 unspecified atom stereocenters. The van der Waals surface area contributed by atoms with Crippen LogP contribution in [0, 0.1) is 10.1 Å². The summed E-state index contributed by atoms with van der Waals surface area (Å²) in [4.78, 5) is 21.1. The van der Waals surface area contributed by atoms with Gasteiger partial charge in [-0.2, -0.15) is 0 Å². The van der Waals surface area contributed by atoms with Gasteiger partial charge in [0.25, 0.3) is 0 Å². The van der Waals surface area contributed by atoms with Gasteiger partial charge in [0.15, 0.2) is 5.75 Å². The normalized spacial score (nSPS) is 10.3. The van der Waals surface area contributed by atoms with Crippen LogP contribution >= 0.6 is 0 Å². The number of hydrogen-bond donors (Lipinski definition) is 1. The molecule has 2 aromatic carbocycles. The maximum Gasteiger partial charge on any atom is 0.318 e. The number of aromatic hydroxyl groups is 1. The largest absolute Gasteiger partial charge is 0.502 e. The van der Waals surface area contributed by atoms with Crippen LogP contribution in [0.1, 0.15) is 6.92 Å². The van der Waals surface area contributed by atoms with E-state index in [0.29, 0.717) is 5.39 Å². The van der Waals surface area contributed by atoms with Crippen molar-refractivity contribution in [3.8, 4) is 11.5 Å². The average Bonchev–Trinajstić information content (AvgIpc) is 2.27. The van der Waals surface area contributed by atoms with E-state index in [-0.39, 0.29) is 11.1 Å². The molecule has 0 aliphatic rings. The van der Waals surface area contributed by atoms with Gasteiger partial charge in [-0.15, -0.1) is 0 Å². The Balaban J connectivity index is 2.69. The minimum atomic E-state index is -0.671. The number of phenolic OH excluding ortho intramolecular Hbond substituents is 1. The first-order valence-electron chi connectivity index (χ1n) is 5.07. The molecular weight excluding hydrogens is 238 g/mol. The maximum absolute atomic E-state index is 10.9. The molecule has 0 aliphatic heterocycles. The van der Waals surface area contributed by atoms with Crippen molar-refractivity contribution in [2.75, 3.05) is 0 Å². The maximum atomic E-state index is 10.9. The number of nitrogens with zero attached hydrogens (tertiary/aromatic N) is 1. The molecule has 0 atom stereocenters. The quantitative estimate of drug-likeness (QED) is 0.381. The molecule has 0 aliphatic carbocycles. The number of fused-ring (bicyclic) bond motifs is 1. The summed E-state index contributed by atoms with van der Waals surface area (Å²) < 4.78 is 4.85. The monoisotopic (exact) mass is 247 g/mol.